The largest absolute Gasteiger partial charge is 0.496 e. The summed E-state index contributed by atoms with van der Waals surface area (Å²) < 4.78 is 23.4. The molecule has 0 saturated carbocycles. The molecule has 0 atom stereocenters. The van der Waals surface area contributed by atoms with Gasteiger partial charge in [0.2, 0.25) is 0 Å². The van der Waals surface area contributed by atoms with Crippen LogP contribution in [0.4, 0.5) is 0 Å². The zero-order valence-electron chi connectivity index (χ0n) is 19.8. The highest BCUT2D eigenvalue weighted by atomic mass is 32.1. The summed E-state index contributed by atoms with van der Waals surface area (Å²) in [7, 11) is 3.21. The van der Waals surface area contributed by atoms with E-state index in [9.17, 15) is 9.90 Å². The lowest BCUT2D eigenvalue weighted by molar-refractivity contribution is -0.136. The average molecular weight is 471 g/mol. The van der Waals surface area contributed by atoms with Gasteiger partial charge in [0.25, 0.3) is 0 Å². The standard InChI is InChI=1S/C26H30O6S/c1-15(2)31-20-11-7-9-18(29-5)24(20)22-13-17(14-23(27)28)26(33-22)25-19(30-6)10-8-12-21(25)32-16(3)4/h7-13,15-16H,14H2,1-6H3,(H,27,28). The van der Waals surface area contributed by atoms with Crippen LogP contribution in [0, 0.1) is 0 Å². The van der Waals surface area contributed by atoms with Crippen LogP contribution in [0.15, 0.2) is 42.5 Å². The Kier molecular flexibility index (Phi) is 7.87. The normalized spacial score (nSPS) is 11.0. The maximum atomic E-state index is 11.7. The fraction of sp³-hybridized carbons (Fsp3) is 0.346. The van der Waals surface area contributed by atoms with Gasteiger partial charge in [0, 0.05) is 9.75 Å². The predicted molar refractivity (Wildman–Crippen MR) is 131 cm³/mol. The highest BCUT2D eigenvalue weighted by Crippen LogP contribution is 2.50. The third-order valence-electron chi connectivity index (χ3n) is 4.77. The van der Waals surface area contributed by atoms with Crippen LogP contribution in [0.5, 0.6) is 23.0 Å². The number of benzene rings is 2. The van der Waals surface area contributed by atoms with Gasteiger partial charge in [0.05, 0.1) is 44.0 Å². The summed E-state index contributed by atoms with van der Waals surface area (Å²) in [5, 5.41) is 9.63. The molecule has 1 aromatic heterocycles. The molecular weight excluding hydrogens is 440 g/mol. The van der Waals surface area contributed by atoms with Crippen LogP contribution < -0.4 is 18.9 Å². The molecule has 0 aliphatic heterocycles. The Hall–Kier alpha value is -3.19. The number of hydrogen-bond donors (Lipinski definition) is 1. The van der Waals surface area contributed by atoms with E-state index in [2.05, 4.69) is 0 Å². The number of thiophene rings is 1. The van der Waals surface area contributed by atoms with Gasteiger partial charge in [-0.25, -0.2) is 0 Å². The highest BCUT2D eigenvalue weighted by Gasteiger charge is 2.24. The first-order chi connectivity index (χ1) is 15.7. The van der Waals surface area contributed by atoms with Crippen LogP contribution in [-0.2, 0) is 11.2 Å². The predicted octanol–water partition coefficient (Wildman–Crippen LogP) is 6.30. The molecule has 0 amide bonds. The zero-order chi connectivity index (χ0) is 24.1. The van der Waals surface area contributed by atoms with Crippen LogP contribution >= 0.6 is 11.3 Å². The maximum Gasteiger partial charge on any atom is 0.307 e. The van der Waals surface area contributed by atoms with Gasteiger partial charge in [-0.15, -0.1) is 11.3 Å². The van der Waals surface area contributed by atoms with Gasteiger partial charge in [0.1, 0.15) is 23.0 Å². The number of carbonyl (C=O) groups is 1. The maximum absolute atomic E-state index is 11.7. The number of carboxylic acid groups (broad SMARTS) is 1. The Balaban J connectivity index is 2.29. The van der Waals surface area contributed by atoms with Crippen LogP contribution in [0.3, 0.4) is 0 Å². The second kappa shape index (κ2) is 10.6. The summed E-state index contributed by atoms with van der Waals surface area (Å²) in [6.45, 7) is 7.82. The molecule has 0 radical (unpaired) electrons. The van der Waals surface area contributed by atoms with Gasteiger partial charge in [-0.3, -0.25) is 4.79 Å². The van der Waals surface area contributed by atoms with Crippen LogP contribution in [0.1, 0.15) is 33.3 Å². The van der Waals surface area contributed by atoms with Crippen molar-refractivity contribution in [2.75, 3.05) is 14.2 Å². The van der Waals surface area contributed by atoms with Gasteiger partial charge in [0.15, 0.2) is 0 Å². The van der Waals surface area contributed by atoms with E-state index in [1.165, 1.54) is 11.3 Å². The zero-order valence-corrected chi connectivity index (χ0v) is 20.6. The van der Waals surface area contributed by atoms with E-state index in [1.807, 2.05) is 70.2 Å². The number of ether oxygens (including phenoxy) is 4. The van der Waals surface area contributed by atoms with Crippen molar-refractivity contribution in [1.29, 1.82) is 0 Å². The molecule has 0 bridgehead atoms. The number of aliphatic carboxylic acids is 1. The fourth-order valence-corrected chi connectivity index (χ4v) is 4.88. The minimum absolute atomic E-state index is 0.0333. The SMILES string of the molecule is COc1cccc(OC(C)C)c1-c1cc(CC(=O)O)c(-c2c(OC)cccc2OC(C)C)s1. The molecule has 7 heteroatoms. The summed E-state index contributed by atoms with van der Waals surface area (Å²) in [5.41, 5.74) is 2.20. The lowest BCUT2D eigenvalue weighted by Gasteiger charge is -2.17. The van der Waals surface area contributed by atoms with Crippen molar-refractivity contribution >= 4 is 17.3 Å². The van der Waals surface area contributed by atoms with E-state index in [1.54, 1.807) is 14.2 Å². The average Bonchev–Trinajstić information content (AvgIpc) is 3.14. The molecule has 0 fully saturated rings. The summed E-state index contributed by atoms with van der Waals surface area (Å²) in [6.07, 6.45) is -0.229. The van der Waals surface area contributed by atoms with Crippen molar-refractivity contribution in [2.24, 2.45) is 0 Å². The Morgan fingerprint density at radius 1 is 0.848 bits per heavy atom. The first-order valence-corrected chi connectivity index (χ1v) is 11.6. The number of carboxylic acids is 1. The smallest absolute Gasteiger partial charge is 0.307 e. The molecule has 1 heterocycles. The number of hydrogen-bond acceptors (Lipinski definition) is 6. The van der Waals surface area contributed by atoms with Crippen LogP contribution in [0.25, 0.3) is 20.9 Å². The first-order valence-electron chi connectivity index (χ1n) is 10.8. The van der Waals surface area contributed by atoms with Gasteiger partial charge in [-0.2, -0.15) is 0 Å². The Morgan fingerprint density at radius 2 is 1.33 bits per heavy atom. The van der Waals surface area contributed by atoms with Crippen LogP contribution in [-0.4, -0.2) is 37.5 Å². The van der Waals surface area contributed by atoms with Gasteiger partial charge < -0.3 is 24.1 Å². The molecule has 2 aromatic carbocycles. The van der Waals surface area contributed by atoms with Crippen molar-refractivity contribution in [3.63, 3.8) is 0 Å². The van der Waals surface area contributed by atoms with Crippen molar-refractivity contribution in [2.45, 2.75) is 46.3 Å². The Morgan fingerprint density at radius 3 is 1.82 bits per heavy atom. The molecule has 6 nitrogen and oxygen atoms in total. The molecule has 0 aliphatic carbocycles. The van der Waals surface area contributed by atoms with Crippen LogP contribution in [0.2, 0.25) is 0 Å². The lowest BCUT2D eigenvalue weighted by atomic mass is 10.0. The Bertz CT molecular complexity index is 1120. The van der Waals surface area contributed by atoms with E-state index in [0.29, 0.717) is 28.6 Å². The van der Waals surface area contributed by atoms with Gasteiger partial charge >= 0.3 is 5.97 Å². The van der Waals surface area contributed by atoms with E-state index in [0.717, 1.165) is 20.9 Å². The molecule has 3 rings (SSSR count). The van der Waals surface area contributed by atoms with Crippen molar-refractivity contribution in [3.8, 4) is 43.9 Å². The molecule has 176 valence electrons. The molecule has 1 N–H and O–H groups in total. The quantitative estimate of drug-likeness (QED) is 0.375. The second-order valence-electron chi connectivity index (χ2n) is 8.04. The lowest BCUT2D eigenvalue weighted by Crippen LogP contribution is -2.07. The third kappa shape index (κ3) is 5.60. The monoisotopic (exact) mass is 470 g/mol. The first kappa shape index (κ1) is 24.5. The van der Waals surface area contributed by atoms with Gasteiger partial charge in [-0.05, 0) is 63.6 Å². The second-order valence-corrected chi connectivity index (χ2v) is 9.09. The third-order valence-corrected chi connectivity index (χ3v) is 5.98. The molecule has 0 aliphatic rings. The van der Waals surface area contributed by atoms with Gasteiger partial charge in [-0.1, -0.05) is 12.1 Å². The summed E-state index contributed by atoms with van der Waals surface area (Å²) in [4.78, 5) is 13.4. The van der Waals surface area contributed by atoms with E-state index < -0.39 is 5.97 Å². The minimum atomic E-state index is -0.916. The molecule has 0 unspecified atom stereocenters. The fourth-order valence-electron chi connectivity index (χ4n) is 3.59. The topological polar surface area (TPSA) is 74.2 Å². The minimum Gasteiger partial charge on any atom is -0.496 e. The number of methoxy groups -OCH3 is 2. The summed E-state index contributed by atoms with van der Waals surface area (Å²) >= 11 is 1.47. The molecule has 3 aromatic rings. The van der Waals surface area contributed by atoms with E-state index in [-0.39, 0.29) is 18.6 Å². The van der Waals surface area contributed by atoms with Crippen molar-refractivity contribution < 1.29 is 28.8 Å². The van der Waals surface area contributed by atoms with E-state index in [4.69, 9.17) is 18.9 Å². The van der Waals surface area contributed by atoms with Crippen molar-refractivity contribution in [3.05, 3.63) is 48.0 Å². The number of rotatable bonds is 10. The summed E-state index contributed by atoms with van der Waals surface area (Å²) in [6, 6.07) is 13.1. The summed E-state index contributed by atoms with van der Waals surface area (Å²) in [5.74, 6) is 1.68. The molecule has 0 saturated heterocycles. The van der Waals surface area contributed by atoms with Crippen molar-refractivity contribution in [1.82, 2.24) is 0 Å². The van der Waals surface area contributed by atoms with E-state index >= 15 is 0 Å². The highest BCUT2D eigenvalue weighted by molar-refractivity contribution is 7.19. The molecular formula is C26H30O6S. The molecule has 33 heavy (non-hydrogen) atoms. The Labute approximate surface area is 198 Å². The molecule has 0 spiro atoms.